The second-order valence-electron chi connectivity index (χ2n) is 28.5. The molecule has 0 N–H and O–H groups in total. The van der Waals surface area contributed by atoms with Gasteiger partial charge in [-0.1, -0.05) is 191 Å². The molecule has 0 unspecified atom stereocenters. The molecule has 1 aliphatic carbocycles. The van der Waals surface area contributed by atoms with Crippen molar-refractivity contribution in [2.24, 2.45) is 0 Å². The molecule has 4 heterocycles. The highest BCUT2D eigenvalue weighted by atomic mass is 16.6. The van der Waals surface area contributed by atoms with Crippen LogP contribution in [0.4, 0.5) is 51.2 Å². The maximum absolute atomic E-state index is 6.55. The minimum Gasteiger partial charge on any atom is -0.486 e. The quantitative estimate of drug-likeness (QED) is 0.155. The van der Waals surface area contributed by atoms with Crippen LogP contribution < -0.4 is 40.6 Å². The average molecular weight is 1150 g/mol. The number of fused-ring (bicyclic) bond motifs is 12. The van der Waals surface area contributed by atoms with Crippen molar-refractivity contribution in [3.05, 3.63) is 240 Å². The van der Waals surface area contributed by atoms with Gasteiger partial charge in [0.1, 0.15) is 24.6 Å². The van der Waals surface area contributed by atoms with Gasteiger partial charge in [0.15, 0.2) is 11.5 Å². The Bertz CT molecular complexity index is 4830. The van der Waals surface area contributed by atoms with E-state index in [0.717, 1.165) is 95.8 Å². The van der Waals surface area contributed by atoms with Gasteiger partial charge in [0.2, 0.25) is 0 Å². The van der Waals surface area contributed by atoms with E-state index in [1.807, 2.05) is 12.1 Å². The third-order valence-electron chi connectivity index (χ3n) is 19.4. The zero-order valence-electron chi connectivity index (χ0n) is 52.3. The van der Waals surface area contributed by atoms with E-state index in [1.54, 1.807) is 0 Å². The van der Waals surface area contributed by atoms with Crippen LogP contribution in [-0.2, 0) is 21.7 Å². The summed E-state index contributed by atoms with van der Waals surface area (Å²) in [5.74, 6) is 2.40. The summed E-state index contributed by atoms with van der Waals surface area (Å²) in [6.07, 6.45) is 0. The van der Waals surface area contributed by atoms with Gasteiger partial charge < -0.3 is 28.6 Å². The molecule has 0 saturated carbocycles. The van der Waals surface area contributed by atoms with E-state index in [4.69, 9.17) is 13.9 Å². The van der Waals surface area contributed by atoms with Crippen LogP contribution in [0.1, 0.15) is 104 Å². The summed E-state index contributed by atoms with van der Waals surface area (Å²) < 4.78 is 19.5. The first kappa shape index (κ1) is 54.0. The Labute approximate surface area is 517 Å². The van der Waals surface area contributed by atoms with Crippen molar-refractivity contribution in [2.45, 2.75) is 97.8 Å². The first-order valence-corrected chi connectivity index (χ1v) is 31.3. The molecular weight excluding hydrogens is 1070 g/mol. The Morgan fingerprint density at radius 3 is 1.68 bits per heavy atom. The summed E-state index contributed by atoms with van der Waals surface area (Å²) >= 11 is 0. The fraction of sp³-hybridized carbons (Fsp3) is 0.210. The number of rotatable bonds is 6. The Morgan fingerprint density at radius 1 is 0.432 bits per heavy atom. The minimum atomic E-state index is -0.165. The minimum absolute atomic E-state index is 0.0311. The summed E-state index contributed by atoms with van der Waals surface area (Å²) in [4.78, 5) is 7.57. The fourth-order valence-corrected chi connectivity index (χ4v) is 14.6. The lowest BCUT2D eigenvalue weighted by atomic mass is 9.33. The van der Waals surface area contributed by atoms with Crippen molar-refractivity contribution in [1.82, 2.24) is 0 Å². The molecule has 11 aromatic carbocycles. The highest BCUT2D eigenvalue weighted by Gasteiger charge is 2.46. The van der Waals surface area contributed by atoms with Crippen molar-refractivity contribution < 1.29 is 13.9 Å². The monoisotopic (exact) mass is 1150 g/mol. The smallest absolute Gasteiger partial charge is 0.252 e. The van der Waals surface area contributed by atoms with Crippen LogP contribution in [0.15, 0.2) is 217 Å². The van der Waals surface area contributed by atoms with E-state index in [2.05, 4.69) is 291 Å². The lowest BCUT2D eigenvalue weighted by Gasteiger charge is -2.45. The van der Waals surface area contributed by atoms with Crippen LogP contribution in [0.3, 0.4) is 0 Å². The van der Waals surface area contributed by atoms with Crippen LogP contribution in [0.25, 0.3) is 55.0 Å². The summed E-state index contributed by atoms with van der Waals surface area (Å²) in [7, 11) is 0. The number of anilines is 9. The summed E-state index contributed by atoms with van der Waals surface area (Å²) in [6.45, 7) is 26.3. The summed E-state index contributed by atoms with van der Waals surface area (Å²) in [6, 6.07) is 80.3. The highest BCUT2D eigenvalue weighted by Crippen LogP contribution is 2.54. The highest BCUT2D eigenvalue weighted by molar-refractivity contribution is 7.00. The second-order valence-corrected chi connectivity index (χ2v) is 28.5. The van der Waals surface area contributed by atoms with Crippen LogP contribution in [0, 0.1) is 0 Å². The number of furan rings is 1. The topological polar surface area (TPSA) is 41.3 Å². The summed E-state index contributed by atoms with van der Waals surface area (Å²) in [5, 5.41) is 5.80. The van der Waals surface area contributed by atoms with Gasteiger partial charge in [-0.2, -0.15) is 0 Å². The number of para-hydroxylation sites is 1. The van der Waals surface area contributed by atoms with E-state index < -0.39 is 0 Å². The van der Waals surface area contributed by atoms with Crippen molar-refractivity contribution in [1.29, 1.82) is 0 Å². The predicted octanol–water partition coefficient (Wildman–Crippen LogP) is 19.9. The van der Waals surface area contributed by atoms with Crippen molar-refractivity contribution in [3.8, 4) is 33.9 Å². The van der Waals surface area contributed by atoms with Gasteiger partial charge in [-0.25, -0.2) is 0 Å². The van der Waals surface area contributed by atoms with E-state index in [-0.39, 0.29) is 28.4 Å². The van der Waals surface area contributed by atoms with Crippen LogP contribution in [0.5, 0.6) is 11.5 Å². The maximum atomic E-state index is 6.55. The molecule has 432 valence electrons. The molecule has 88 heavy (non-hydrogen) atoms. The summed E-state index contributed by atoms with van der Waals surface area (Å²) in [5.41, 5.74) is 24.3. The maximum Gasteiger partial charge on any atom is 0.252 e. The number of nitrogens with zero attached hydrogens (tertiary/aromatic N) is 3. The number of hydrogen-bond donors (Lipinski definition) is 0. The largest absolute Gasteiger partial charge is 0.486 e. The van der Waals surface area contributed by atoms with Crippen LogP contribution in [-0.4, -0.2) is 19.9 Å². The molecule has 12 aromatic rings. The van der Waals surface area contributed by atoms with Gasteiger partial charge in [-0.3, -0.25) is 0 Å². The van der Waals surface area contributed by atoms with E-state index >= 15 is 0 Å². The Kier molecular flexibility index (Phi) is 11.8. The van der Waals surface area contributed by atoms with Gasteiger partial charge in [-0.05, 0) is 184 Å². The van der Waals surface area contributed by atoms with Crippen LogP contribution >= 0.6 is 0 Å². The predicted molar refractivity (Wildman–Crippen MR) is 370 cm³/mol. The molecule has 7 heteroatoms. The van der Waals surface area contributed by atoms with Gasteiger partial charge >= 0.3 is 0 Å². The third kappa shape index (κ3) is 8.51. The van der Waals surface area contributed by atoms with Crippen molar-refractivity contribution >= 4 is 107 Å². The SMILES string of the molecule is CC(C)(C)c1ccc(N2c3ccc(C(C)(C)C)cc3B3c4cc5c(cc4N(c4ccc(C(C)(C)C)cc4)c4cc(N(c6ccc7cc(-c8cc9ccccc9o8)ccc7c6)c6ccc7c8c(ccc7c6)C(C)(C)c6ccccc6-8)cc2c43)OCCO5)cc1. The Hall–Kier alpha value is -9.46. The average Bonchev–Trinajstić information content (AvgIpc) is 0.729. The molecule has 0 spiro atoms. The van der Waals surface area contributed by atoms with Crippen molar-refractivity contribution in [2.75, 3.05) is 27.9 Å². The van der Waals surface area contributed by atoms with Gasteiger partial charge in [0.05, 0.1) is 5.69 Å². The Morgan fingerprint density at radius 2 is 1.00 bits per heavy atom. The molecule has 0 fully saturated rings. The van der Waals surface area contributed by atoms with E-state index in [9.17, 15) is 0 Å². The van der Waals surface area contributed by atoms with Gasteiger partial charge in [0, 0.05) is 67.9 Å². The molecule has 0 radical (unpaired) electrons. The van der Waals surface area contributed by atoms with Gasteiger partial charge in [0.25, 0.3) is 6.71 Å². The first-order chi connectivity index (χ1) is 42.2. The third-order valence-corrected chi connectivity index (χ3v) is 19.4. The lowest BCUT2D eigenvalue weighted by molar-refractivity contribution is 0.172. The zero-order chi connectivity index (χ0) is 60.3. The normalized spacial score (nSPS) is 14.6. The Balaban J connectivity index is 0.986. The molecular formula is C81H72BN3O3. The lowest BCUT2D eigenvalue weighted by Crippen LogP contribution is -2.61. The number of benzene rings is 11. The molecule has 0 amide bonds. The second kappa shape index (κ2) is 19.3. The molecule has 3 aliphatic heterocycles. The number of hydrogen-bond acceptors (Lipinski definition) is 6. The van der Waals surface area contributed by atoms with Crippen LogP contribution in [0.2, 0.25) is 0 Å². The van der Waals surface area contributed by atoms with E-state index in [0.29, 0.717) is 13.2 Å². The molecule has 6 nitrogen and oxygen atoms in total. The molecule has 0 atom stereocenters. The standard InChI is InChI=1S/C81H72BN3O3/c1-78(2,3)54-24-30-57(31-25-54)84-68-37-28-56(80(7,8)9)44-66(68)82-67-47-74-75(87-39-38-86-74)48-69(67)85(58-32-26-55(27-33-58)79(4,5)6)71-46-61(45-70(84)77(71)82)83(59-29-22-49-40-53(21-20-50(49)41-59)73-43-52-16-12-15-19-72(52)88-73)60-34-35-62-51(42-60)23-36-65-76(62)63-17-13-14-18-64(63)81(65,10)11/h12-37,40-48H,38-39H2,1-11H3. The zero-order valence-corrected chi connectivity index (χ0v) is 52.3. The number of ether oxygens (including phenoxy) is 2. The molecule has 4 aliphatic rings. The van der Waals surface area contributed by atoms with E-state index in [1.165, 1.54) is 66.1 Å². The first-order valence-electron chi connectivity index (χ1n) is 31.3. The van der Waals surface area contributed by atoms with Gasteiger partial charge in [-0.15, -0.1) is 0 Å². The molecule has 0 bridgehead atoms. The molecule has 1 aromatic heterocycles. The molecule has 16 rings (SSSR count). The molecule has 0 saturated heterocycles. The van der Waals surface area contributed by atoms with Crippen molar-refractivity contribution in [3.63, 3.8) is 0 Å². The fourth-order valence-electron chi connectivity index (χ4n) is 14.6.